The van der Waals surface area contributed by atoms with Gasteiger partial charge < -0.3 is 35.9 Å². The lowest BCUT2D eigenvalue weighted by Crippen LogP contribution is -2.44. The van der Waals surface area contributed by atoms with Crippen LogP contribution >= 0.6 is 0 Å². The number of carbonyl (C=O) groups is 4. The third-order valence-corrected chi connectivity index (χ3v) is 9.40. The minimum Gasteiger partial charge on any atom is -0.446 e. The quantitative estimate of drug-likeness (QED) is 0.108. The Morgan fingerprint density at radius 1 is 0.942 bits per heavy atom. The molecule has 1 heterocycles. The molecule has 2 unspecified atom stereocenters. The molecule has 1 aromatic carbocycles. The van der Waals surface area contributed by atoms with Crippen molar-refractivity contribution in [2.45, 2.75) is 117 Å². The summed E-state index contributed by atoms with van der Waals surface area (Å²) in [6, 6.07) is 7.75. The number of nitrogens with zero attached hydrogens (tertiary/aromatic N) is 1. The molecule has 0 aromatic heterocycles. The number of rotatable bonds is 22. The van der Waals surface area contributed by atoms with E-state index >= 15 is 0 Å². The first-order chi connectivity index (χ1) is 24.9. The molecule has 3 rings (SSSR count). The summed E-state index contributed by atoms with van der Waals surface area (Å²) in [5.74, 6) is -0.435. The topological polar surface area (TPSA) is 182 Å². The molecule has 13 heteroatoms. The van der Waals surface area contributed by atoms with E-state index in [4.69, 9.17) is 19.9 Å². The van der Waals surface area contributed by atoms with Crippen LogP contribution in [0.4, 0.5) is 4.79 Å². The van der Waals surface area contributed by atoms with E-state index in [2.05, 4.69) is 47.2 Å². The van der Waals surface area contributed by atoms with Gasteiger partial charge in [-0.05, 0) is 75.0 Å². The molecule has 6 N–H and O–H groups in total. The molecule has 0 radical (unpaired) electrons. The molecule has 1 saturated carbocycles. The molecular formula is C39H62N6O7. The number of primary amides is 1. The lowest BCUT2D eigenvalue weighted by molar-refractivity contribution is -0.128. The molecule has 0 spiro atoms. The Hall–Kier alpha value is -3.81. The molecule has 1 aliphatic heterocycles. The number of carbonyl (C=O) groups excluding carboxylic acids is 4. The van der Waals surface area contributed by atoms with Gasteiger partial charge in [0.1, 0.15) is 17.9 Å². The Bertz CT molecular complexity index is 1360. The molecule has 0 saturated heterocycles. The van der Waals surface area contributed by atoms with E-state index < -0.39 is 18.0 Å². The van der Waals surface area contributed by atoms with E-state index in [-0.39, 0.29) is 42.7 Å². The number of alkyl carbamates (subject to hydrolysis) is 1. The van der Waals surface area contributed by atoms with Crippen molar-refractivity contribution in [2.24, 2.45) is 22.7 Å². The number of hydrogen-bond acceptors (Lipinski definition) is 10. The minimum absolute atomic E-state index is 0.00692. The van der Waals surface area contributed by atoms with Crippen molar-refractivity contribution >= 4 is 35.1 Å². The fraction of sp³-hybridized carbons (Fsp3) is 0.667. The van der Waals surface area contributed by atoms with E-state index in [9.17, 15) is 19.2 Å². The highest BCUT2D eigenvalue weighted by Gasteiger charge is 2.29. The van der Waals surface area contributed by atoms with E-state index in [1.807, 2.05) is 38.1 Å². The Balaban J connectivity index is 1.37. The SMILES string of the molecule is CC1=NNC(c2ccc(CC(=O)C(C)C)cc2)=C2CCC(OC(=O)NCCCC[C@H](NC(=O)CCOCCOCCNC(C)C)C(N)=O)CCCC12. The average molecular weight is 727 g/mol. The summed E-state index contributed by atoms with van der Waals surface area (Å²) in [4.78, 5) is 49.2. The van der Waals surface area contributed by atoms with Gasteiger partial charge in [-0.25, -0.2) is 4.79 Å². The largest absolute Gasteiger partial charge is 0.446 e. The van der Waals surface area contributed by atoms with Crippen LogP contribution in [0.5, 0.6) is 0 Å². The molecule has 3 atom stereocenters. The van der Waals surface area contributed by atoms with Crippen molar-refractivity contribution in [2.75, 3.05) is 39.5 Å². The molecule has 0 bridgehead atoms. The maximum absolute atomic E-state index is 12.7. The molecule has 1 aromatic rings. The Morgan fingerprint density at radius 2 is 1.67 bits per heavy atom. The maximum Gasteiger partial charge on any atom is 0.407 e. The number of hydrogen-bond donors (Lipinski definition) is 5. The van der Waals surface area contributed by atoms with Crippen molar-refractivity contribution < 1.29 is 33.4 Å². The summed E-state index contributed by atoms with van der Waals surface area (Å²) < 4.78 is 16.8. The number of nitrogens with two attached hydrogens (primary N) is 1. The molecule has 13 nitrogen and oxygen atoms in total. The predicted octanol–water partition coefficient (Wildman–Crippen LogP) is 4.38. The van der Waals surface area contributed by atoms with Crippen LogP contribution in [0.25, 0.3) is 5.70 Å². The summed E-state index contributed by atoms with van der Waals surface area (Å²) in [6.07, 6.45) is 5.50. The van der Waals surface area contributed by atoms with Crippen LogP contribution in [0.1, 0.15) is 104 Å². The van der Waals surface area contributed by atoms with Gasteiger partial charge in [-0.2, -0.15) is 5.10 Å². The Labute approximate surface area is 309 Å². The van der Waals surface area contributed by atoms with Crippen molar-refractivity contribution in [3.63, 3.8) is 0 Å². The molecule has 2 aliphatic rings. The predicted molar refractivity (Wildman–Crippen MR) is 202 cm³/mol. The second kappa shape index (κ2) is 23.0. The Kier molecular flexibility index (Phi) is 18.8. The first kappa shape index (κ1) is 42.6. The minimum atomic E-state index is -0.788. The summed E-state index contributed by atoms with van der Waals surface area (Å²) in [7, 11) is 0. The standard InChI is InChI=1S/C39H62N6O7/c1-26(2)35(46)25-29-12-14-30(15-13-29)37-33-17-16-31(9-8-10-32(33)28(5)44-45-37)52-39(49)42-19-7-6-11-34(38(40)48)43-36(47)18-21-50-23-24-51-22-20-41-27(3)4/h12-15,26-27,31-32,34,41,45H,6-11,16-25H2,1-5H3,(H2,40,48)(H,42,49)(H,43,47)/t31?,32?,34-/m0/s1. The zero-order chi connectivity index (χ0) is 37.9. The first-order valence-electron chi connectivity index (χ1n) is 19.0. The van der Waals surface area contributed by atoms with Gasteiger partial charge in [-0.3, -0.25) is 19.8 Å². The summed E-state index contributed by atoms with van der Waals surface area (Å²) >= 11 is 0. The number of Topliss-reactive ketones (excluding diaryl/α,β-unsaturated/α-hetero) is 1. The number of benzene rings is 1. The number of ketones is 1. The molecule has 1 fully saturated rings. The fourth-order valence-corrected chi connectivity index (χ4v) is 6.29. The lowest BCUT2D eigenvalue weighted by atomic mass is 9.80. The summed E-state index contributed by atoms with van der Waals surface area (Å²) in [5.41, 5.74) is 14.1. The second-order valence-electron chi connectivity index (χ2n) is 14.3. The van der Waals surface area contributed by atoms with E-state index in [0.717, 1.165) is 54.8 Å². The number of allylic oxidation sites excluding steroid dienone is 1. The lowest BCUT2D eigenvalue weighted by Gasteiger charge is -2.32. The molecule has 3 amide bonds. The van der Waals surface area contributed by atoms with Gasteiger partial charge in [0.2, 0.25) is 11.8 Å². The summed E-state index contributed by atoms with van der Waals surface area (Å²) in [6.45, 7) is 12.8. The number of fused-ring (bicyclic) bond motifs is 1. The third-order valence-electron chi connectivity index (χ3n) is 9.40. The van der Waals surface area contributed by atoms with E-state index in [1.165, 1.54) is 5.57 Å². The Morgan fingerprint density at radius 3 is 2.37 bits per heavy atom. The highest BCUT2D eigenvalue weighted by Crippen LogP contribution is 2.36. The average Bonchev–Trinajstić information content (AvgIpc) is 3.08. The highest BCUT2D eigenvalue weighted by molar-refractivity contribution is 5.92. The van der Waals surface area contributed by atoms with Gasteiger partial charge in [0.25, 0.3) is 0 Å². The number of ether oxygens (including phenoxy) is 3. The van der Waals surface area contributed by atoms with Crippen LogP contribution < -0.4 is 27.1 Å². The third kappa shape index (κ3) is 15.4. The van der Waals surface area contributed by atoms with Crippen LogP contribution in [-0.4, -0.2) is 87.1 Å². The van der Waals surface area contributed by atoms with Crippen molar-refractivity contribution in [3.8, 4) is 0 Å². The van der Waals surface area contributed by atoms with Gasteiger partial charge in [0.05, 0.1) is 32.1 Å². The van der Waals surface area contributed by atoms with Crippen LogP contribution in [0.2, 0.25) is 0 Å². The highest BCUT2D eigenvalue weighted by atomic mass is 16.6. The first-order valence-corrected chi connectivity index (χ1v) is 19.0. The van der Waals surface area contributed by atoms with E-state index in [0.29, 0.717) is 64.5 Å². The zero-order valence-corrected chi connectivity index (χ0v) is 31.9. The number of unbranched alkanes of at least 4 members (excludes halogenated alkanes) is 1. The van der Waals surface area contributed by atoms with Crippen molar-refractivity contribution in [1.82, 2.24) is 21.4 Å². The van der Waals surface area contributed by atoms with Gasteiger partial charge >= 0.3 is 6.09 Å². The van der Waals surface area contributed by atoms with Gasteiger partial charge in [0, 0.05) is 49.5 Å². The fourth-order valence-electron chi connectivity index (χ4n) is 6.29. The van der Waals surface area contributed by atoms with Crippen LogP contribution in [0.15, 0.2) is 34.9 Å². The van der Waals surface area contributed by atoms with Gasteiger partial charge in [-0.1, -0.05) is 52.0 Å². The van der Waals surface area contributed by atoms with E-state index in [1.54, 1.807) is 0 Å². The van der Waals surface area contributed by atoms with Crippen molar-refractivity contribution in [1.29, 1.82) is 0 Å². The smallest absolute Gasteiger partial charge is 0.407 e. The zero-order valence-electron chi connectivity index (χ0n) is 31.9. The monoisotopic (exact) mass is 726 g/mol. The summed E-state index contributed by atoms with van der Waals surface area (Å²) in [5, 5.41) is 13.4. The molecule has 290 valence electrons. The van der Waals surface area contributed by atoms with Crippen LogP contribution in [-0.2, 0) is 35.0 Å². The molecule has 52 heavy (non-hydrogen) atoms. The van der Waals surface area contributed by atoms with Crippen molar-refractivity contribution in [3.05, 3.63) is 41.0 Å². The van der Waals surface area contributed by atoms with Gasteiger partial charge in [0.15, 0.2) is 0 Å². The van der Waals surface area contributed by atoms with Gasteiger partial charge in [-0.15, -0.1) is 0 Å². The van der Waals surface area contributed by atoms with Crippen LogP contribution in [0, 0.1) is 11.8 Å². The van der Waals surface area contributed by atoms with Crippen LogP contribution in [0.3, 0.4) is 0 Å². The molecule has 1 aliphatic carbocycles. The number of hydrazone groups is 1. The number of amides is 3. The maximum atomic E-state index is 12.7. The number of nitrogens with one attached hydrogen (secondary N) is 4. The normalized spacial score (nSPS) is 18.1. The second-order valence-corrected chi connectivity index (χ2v) is 14.3. The molecular weight excluding hydrogens is 664 g/mol.